The van der Waals surface area contributed by atoms with Crippen LogP contribution >= 0.6 is 0 Å². The Morgan fingerprint density at radius 1 is 1.10 bits per heavy atom. The highest BCUT2D eigenvalue weighted by molar-refractivity contribution is 5.98. The highest BCUT2D eigenvalue weighted by Gasteiger charge is 2.24. The fourth-order valence-corrected chi connectivity index (χ4v) is 4.84. The van der Waals surface area contributed by atoms with E-state index in [2.05, 4.69) is 58.7 Å². The molecule has 1 aliphatic rings. The Morgan fingerprint density at radius 3 is 2.79 bits per heavy atom. The van der Waals surface area contributed by atoms with Crippen LogP contribution in [-0.4, -0.2) is 56.7 Å². The Labute approximate surface area is 228 Å². The third-order valence-electron chi connectivity index (χ3n) is 6.84. The molecule has 5 rings (SSSR count). The highest BCUT2D eigenvalue weighted by atomic mass is 16.5. The number of fused-ring (bicyclic) bond motifs is 1. The average Bonchev–Trinajstić information content (AvgIpc) is 2.94. The fraction of sp³-hybridized carbons (Fsp3) is 0.333. The predicted octanol–water partition coefficient (Wildman–Crippen LogP) is 6.41. The van der Waals surface area contributed by atoms with Crippen molar-refractivity contribution >= 4 is 28.5 Å². The number of amides is 1. The third kappa shape index (κ3) is 6.03. The van der Waals surface area contributed by atoms with Gasteiger partial charge in [0.2, 0.25) is 11.8 Å². The van der Waals surface area contributed by atoms with E-state index in [1.807, 2.05) is 31.2 Å². The smallest absolute Gasteiger partial charge is 0.407 e. The Morgan fingerprint density at radius 2 is 1.97 bits per heavy atom. The number of hydrogen-bond donors (Lipinski definition) is 3. The number of ether oxygens (including phenoxy) is 1. The lowest BCUT2D eigenvalue weighted by Gasteiger charge is -2.31. The third-order valence-corrected chi connectivity index (χ3v) is 6.84. The second-order valence-electron chi connectivity index (χ2n) is 10.3. The summed E-state index contributed by atoms with van der Waals surface area (Å²) >= 11 is 0. The van der Waals surface area contributed by atoms with Gasteiger partial charge in [0.05, 0.1) is 11.3 Å². The molecule has 0 radical (unpaired) electrons. The number of pyridine rings is 1. The summed E-state index contributed by atoms with van der Waals surface area (Å²) in [6, 6.07) is 15.9. The molecular formula is C30H34N6O3. The molecular weight excluding hydrogens is 492 g/mol. The van der Waals surface area contributed by atoms with Crippen molar-refractivity contribution in [2.24, 2.45) is 5.92 Å². The lowest BCUT2D eigenvalue weighted by Crippen LogP contribution is -2.44. The van der Waals surface area contributed by atoms with Gasteiger partial charge < -0.3 is 25.4 Å². The molecule has 1 atom stereocenters. The summed E-state index contributed by atoms with van der Waals surface area (Å²) in [5.41, 5.74) is 3.48. The molecule has 0 spiro atoms. The first-order chi connectivity index (χ1) is 18.9. The molecule has 0 unspecified atom stereocenters. The summed E-state index contributed by atoms with van der Waals surface area (Å²) in [6.07, 6.45) is 4.14. The Hall–Kier alpha value is -4.40. The fourth-order valence-electron chi connectivity index (χ4n) is 4.84. The van der Waals surface area contributed by atoms with Gasteiger partial charge in [-0.05, 0) is 55.5 Å². The molecule has 4 aromatic rings. The largest absolute Gasteiger partial charge is 0.465 e. The minimum absolute atomic E-state index is 0.0495. The summed E-state index contributed by atoms with van der Waals surface area (Å²) in [6.45, 7) is 8.24. The van der Waals surface area contributed by atoms with E-state index in [0.29, 0.717) is 36.5 Å². The van der Waals surface area contributed by atoms with Gasteiger partial charge in [0.25, 0.3) is 0 Å². The standard InChI is InChI=1S/C30H34N6O3/c1-19(2)17-33-25-10-4-8-23-22(25)12-11-20(3)27(23)39-28-24(9-5-14-31-28)26-13-15-32-29(35-26)34-21-7-6-16-36(18-21)30(37)38/h4-5,8-15,19,21,33H,6-7,16-18H2,1-3H3,(H,37,38)(H,32,34,35)/t21-/m0/s1. The van der Waals surface area contributed by atoms with E-state index in [-0.39, 0.29) is 6.04 Å². The second-order valence-corrected chi connectivity index (χ2v) is 10.3. The van der Waals surface area contributed by atoms with E-state index in [9.17, 15) is 9.90 Å². The van der Waals surface area contributed by atoms with Gasteiger partial charge >= 0.3 is 6.09 Å². The second kappa shape index (κ2) is 11.6. The van der Waals surface area contributed by atoms with Crippen molar-refractivity contribution in [3.8, 4) is 22.9 Å². The SMILES string of the molecule is Cc1ccc2c(NCC(C)C)cccc2c1Oc1ncccc1-c1ccnc(N[C@H]2CCCN(C(=O)O)C2)n1. The number of carbonyl (C=O) groups is 1. The molecule has 1 fully saturated rings. The maximum atomic E-state index is 11.4. The van der Waals surface area contributed by atoms with Gasteiger partial charge in [0.15, 0.2) is 0 Å². The average molecular weight is 527 g/mol. The molecule has 1 amide bonds. The van der Waals surface area contributed by atoms with Gasteiger partial charge in [-0.1, -0.05) is 38.1 Å². The topological polar surface area (TPSA) is 112 Å². The van der Waals surface area contributed by atoms with E-state index >= 15 is 0 Å². The normalized spacial score (nSPS) is 15.4. The number of nitrogens with one attached hydrogen (secondary N) is 2. The molecule has 0 bridgehead atoms. The molecule has 2 aromatic heterocycles. The Kier molecular flexibility index (Phi) is 7.76. The minimum atomic E-state index is -0.903. The van der Waals surface area contributed by atoms with E-state index in [1.54, 1.807) is 12.4 Å². The molecule has 9 nitrogen and oxygen atoms in total. The molecule has 9 heteroatoms. The van der Waals surface area contributed by atoms with Crippen LogP contribution in [0.5, 0.6) is 11.6 Å². The number of aromatic nitrogens is 3. The van der Waals surface area contributed by atoms with Crippen LogP contribution in [0.4, 0.5) is 16.4 Å². The first-order valence-electron chi connectivity index (χ1n) is 13.4. The summed E-state index contributed by atoms with van der Waals surface area (Å²) < 4.78 is 6.53. The molecule has 1 saturated heterocycles. The van der Waals surface area contributed by atoms with Gasteiger partial charge in [-0.25, -0.2) is 19.7 Å². The van der Waals surface area contributed by atoms with Gasteiger partial charge in [0, 0.05) is 54.5 Å². The van der Waals surface area contributed by atoms with Gasteiger partial charge in [-0.2, -0.15) is 0 Å². The van der Waals surface area contributed by atoms with Gasteiger partial charge in [-0.15, -0.1) is 0 Å². The molecule has 1 aliphatic heterocycles. The summed E-state index contributed by atoms with van der Waals surface area (Å²) in [7, 11) is 0. The van der Waals surface area contributed by atoms with E-state index < -0.39 is 6.09 Å². The van der Waals surface area contributed by atoms with Crippen molar-refractivity contribution < 1.29 is 14.6 Å². The van der Waals surface area contributed by atoms with Crippen molar-refractivity contribution in [2.75, 3.05) is 30.3 Å². The van der Waals surface area contributed by atoms with E-state index in [1.165, 1.54) is 4.90 Å². The van der Waals surface area contributed by atoms with E-state index in [0.717, 1.165) is 52.7 Å². The van der Waals surface area contributed by atoms with Crippen LogP contribution in [0.15, 0.2) is 60.9 Å². The lowest BCUT2D eigenvalue weighted by atomic mass is 10.0. The number of rotatable bonds is 8. The number of aryl methyl sites for hydroxylation is 1. The number of anilines is 2. The van der Waals surface area contributed by atoms with Crippen molar-refractivity contribution in [2.45, 2.75) is 39.7 Å². The quantitative estimate of drug-likeness (QED) is 0.241. The number of benzene rings is 2. The zero-order valence-electron chi connectivity index (χ0n) is 22.5. The number of hydrogen-bond acceptors (Lipinski definition) is 7. The van der Waals surface area contributed by atoms with Gasteiger partial charge in [-0.3, -0.25) is 0 Å². The first kappa shape index (κ1) is 26.2. The zero-order valence-corrected chi connectivity index (χ0v) is 22.5. The summed E-state index contributed by atoms with van der Waals surface area (Å²) in [5, 5.41) is 18.3. The number of piperidine rings is 1. The molecule has 3 heterocycles. The molecule has 0 aliphatic carbocycles. The number of carboxylic acid groups (broad SMARTS) is 1. The predicted molar refractivity (Wildman–Crippen MR) is 154 cm³/mol. The molecule has 2 aromatic carbocycles. The van der Waals surface area contributed by atoms with Crippen molar-refractivity contribution in [1.29, 1.82) is 0 Å². The highest BCUT2D eigenvalue weighted by Crippen LogP contribution is 2.38. The van der Waals surface area contributed by atoms with Crippen LogP contribution in [-0.2, 0) is 0 Å². The van der Waals surface area contributed by atoms with Crippen LogP contribution in [0.1, 0.15) is 32.3 Å². The van der Waals surface area contributed by atoms with Gasteiger partial charge in [0.1, 0.15) is 5.75 Å². The summed E-state index contributed by atoms with van der Waals surface area (Å²) in [4.78, 5) is 26.5. The number of nitrogens with zero attached hydrogens (tertiary/aromatic N) is 4. The van der Waals surface area contributed by atoms with Crippen LogP contribution in [0.3, 0.4) is 0 Å². The molecule has 202 valence electrons. The maximum absolute atomic E-state index is 11.4. The Balaban J connectivity index is 1.43. The monoisotopic (exact) mass is 526 g/mol. The van der Waals surface area contributed by atoms with E-state index in [4.69, 9.17) is 9.72 Å². The molecule has 3 N–H and O–H groups in total. The molecule has 0 saturated carbocycles. The van der Waals surface area contributed by atoms with Crippen LogP contribution in [0.25, 0.3) is 22.0 Å². The summed E-state index contributed by atoms with van der Waals surface area (Å²) in [5.74, 6) is 2.18. The lowest BCUT2D eigenvalue weighted by molar-refractivity contribution is 0.132. The van der Waals surface area contributed by atoms with Crippen molar-refractivity contribution in [1.82, 2.24) is 19.9 Å². The molecule has 39 heavy (non-hydrogen) atoms. The van der Waals surface area contributed by atoms with Crippen molar-refractivity contribution in [3.05, 3.63) is 66.5 Å². The van der Waals surface area contributed by atoms with Crippen molar-refractivity contribution in [3.63, 3.8) is 0 Å². The zero-order chi connectivity index (χ0) is 27.4. The van der Waals surface area contributed by atoms with Crippen LogP contribution in [0.2, 0.25) is 0 Å². The number of likely N-dealkylation sites (tertiary alicyclic amines) is 1. The Bertz CT molecular complexity index is 1470. The van der Waals surface area contributed by atoms with Crippen LogP contribution in [0, 0.1) is 12.8 Å². The first-order valence-corrected chi connectivity index (χ1v) is 13.4. The minimum Gasteiger partial charge on any atom is -0.465 e. The van der Waals surface area contributed by atoms with Crippen LogP contribution < -0.4 is 15.4 Å². The maximum Gasteiger partial charge on any atom is 0.407 e.